The van der Waals surface area contributed by atoms with Gasteiger partial charge in [0, 0.05) is 20.8 Å². The Bertz CT molecular complexity index is 1830. The van der Waals surface area contributed by atoms with Crippen molar-refractivity contribution < 1.29 is 28.5 Å². The zero-order valence-electron chi connectivity index (χ0n) is 22.0. The Morgan fingerprint density at radius 2 is 1.45 bits per heavy atom. The van der Waals surface area contributed by atoms with Gasteiger partial charge in [0.15, 0.2) is 11.5 Å². The fourth-order valence-corrected chi connectivity index (χ4v) is 7.24. The average molecular weight is 574 g/mol. The average Bonchev–Trinajstić information content (AvgIpc) is 3.36. The minimum atomic E-state index is -3.83. The number of amides is 1. The molecular weight excluding hydrogens is 546 g/mol. The predicted molar refractivity (Wildman–Crippen MR) is 157 cm³/mol. The van der Waals surface area contributed by atoms with Gasteiger partial charge in [-0.3, -0.25) is 4.79 Å². The molecule has 0 aliphatic heterocycles. The van der Waals surface area contributed by atoms with E-state index in [4.69, 9.17) is 0 Å². The van der Waals surface area contributed by atoms with Gasteiger partial charge in [-0.2, -0.15) is 0 Å². The van der Waals surface area contributed by atoms with Gasteiger partial charge < -0.3 is 20.6 Å². The van der Waals surface area contributed by atoms with Gasteiger partial charge in [0.05, 0.1) is 15.4 Å². The molecule has 40 heavy (non-hydrogen) atoms. The molecule has 0 unspecified atom stereocenters. The maximum absolute atomic E-state index is 13.4. The molecule has 5 rings (SSSR count). The molecule has 0 atom stereocenters. The van der Waals surface area contributed by atoms with Gasteiger partial charge in [0.2, 0.25) is 15.6 Å². The molecule has 7 nitrogen and oxygen atoms in total. The summed E-state index contributed by atoms with van der Waals surface area (Å²) < 4.78 is 27.8. The normalized spacial score (nSPS) is 12.0. The molecular formula is C31H27NO6S2. The SMILES string of the molecule is CC(C)(C)c1ccccc1S(=O)(=O)c1ccc(NC(=O)c2cc(-c3cc4ccccc4s3)c(O)c(O)c2O)cc1. The Hall–Kier alpha value is -4.34. The van der Waals surface area contributed by atoms with E-state index in [2.05, 4.69) is 5.32 Å². The molecule has 4 N–H and O–H groups in total. The van der Waals surface area contributed by atoms with E-state index in [0.29, 0.717) is 10.4 Å². The monoisotopic (exact) mass is 573 g/mol. The fraction of sp³-hybridized carbons (Fsp3) is 0.129. The van der Waals surface area contributed by atoms with Gasteiger partial charge in [-0.05, 0) is 64.9 Å². The van der Waals surface area contributed by atoms with Crippen molar-refractivity contribution in [2.24, 2.45) is 0 Å². The first-order valence-electron chi connectivity index (χ1n) is 12.4. The quantitative estimate of drug-likeness (QED) is 0.167. The van der Waals surface area contributed by atoms with Crippen LogP contribution in [0, 0.1) is 0 Å². The maximum atomic E-state index is 13.4. The highest BCUT2D eigenvalue weighted by molar-refractivity contribution is 7.91. The number of phenolic OH excluding ortho intramolecular Hbond substituents is 3. The van der Waals surface area contributed by atoms with E-state index in [1.807, 2.05) is 51.1 Å². The van der Waals surface area contributed by atoms with Crippen LogP contribution in [0.4, 0.5) is 5.69 Å². The Balaban J connectivity index is 1.45. The Morgan fingerprint density at radius 1 is 0.800 bits per heavy atom. The van der Waals surface area contributed by atoms with E-state index in [9.17, 15) is 28.5 Å². The Morgan fingerprint density at radius 3 is 2.12 bits per heavy atom. The summed E-state index contributed by atoms with van der Waals surface area (Å²) in [6.45, 7) is 5.84. The van der Waals surface area contributed by atoms with Crippen LogP contribution >= 0.6 is 11.3 Å². The van der Waals surface area contributed by atoms with Gasteiger partial charge in [0.25, 0.3) is 5.91 Å². The molecule has 0 aliphatic rings. The molecule has 1 amide bonds. The van der Waals surface area contributed by atoms with E-state index in [0.717, 1.165) is 10.1 Å². The molecule has 4 aromatic carbocycles. The molecule has 204 valence electrons. The molecule has 0 fully saturated rings. The number of nitrogens with one attached hydrogen (secondary N) is 1. The van der Waals surface area contributed by atoms with Crippen LogP contribution in [-0.2, 0) is 15.3 Å². The minimum absolute atomic E-state index is 0.0689. The lowest BCUT2D eigenvalue weighted by Gasteiger charge is -2.22. The third kappa shape index (κ3) is 4.89. The topological polar surface area (TPSA) is 124 Å². The van der Waals surface area contributed by atoms with Crippen molar-refractivity contribution >= 4 is 42.9 Å². The number of phenols is 3. The second kappa shape index (κ2) is 10.0. The number of thiophene rings is 1. The number of sulfone groups is 1. The van der Waals surface area contributed by atoms with Crippen molar-refractivity contribution in [3.8, 4) is 27.7 Å². The molecule has 1 aromatic heterocycles. The van der Waals surface area contributed by atoms with Crippen LogP contribution < -0.4 is 5.32 Å². The summed E-state index contributed by atoms with van der Waals surface area (Å²) >= 11 is 1.37. The second-order valence-corrected chi connectivity index (χ2v) is 13.4. The molecule has 0 saturated carbocycles. The van der Waals surface area contributed by atoms with Gasteiger partial charge in [-0.15, -0.1) is 11.3 Å². The number of carbonyl (C=O) groups is 1. The highest BCUT2D eigenvalue weighted by atomic mass is 32.2. The van der Waals surface area contributed by atoms with Crippen LogP contribution in [-0.4, -0.2) is 29.6 Å². The first kappa shape index (κ1) is 27.2. The summed E-state index contributed by atoms with van der Waals surface area (Å²) in [6.07, 6.45) is 0. The number of carbonyl (C=O) groups excluding carboxylic acids is 1. The molecule has 0 saturated heterocycles. The molecule has 0 aliphatic carbocycles. The Labute approximate surface area is 235 Å². The predicted octanol–water partition coefficient (Wildman–Crippen LogP) is 7.07. The number of fused-ring (bicyclic) bond motifs is 1. The van der Waals surface area contributed by atoms with Gasteiger partial charge in [0.1, 0.15) is 0 Å². The zero-order chi connectivity index (χ0) is 28.8. The van der Waals surface area contributed by atoms with Crippen LogP contribution in [0.5, 0.6) is 17.2 Å². The van der Waals surface area contributed by atoms with Crippen molar-refractivity contribution in [2.45, 2.75) is 36.0 Å². The zero-order valence-corrected chi connectivity index (χ0v) is 23.6. The number of benzene rings is 4. The summed E-state index contributed by atoms with van der Waals surface area (Å²) in [6, 6.07) is 23.3. The second-order valence-electron chi connectivity index (χ2n) is 10.4. The number of aromatic hydroxyl groups is 3. The number of hydrogen-bond donors (Lipinski definition) is 4. The van der Waals surface area contributed by atoms with Crippen molar-refractivity contribution in [3.05, 3.63) is 96.1 Å². The smallest absolute Gasteiger partial charge is 0.259 e. The highest BCUT2D eigenvalue weighted by Crippen LogP contribution is 2.47. The number of rotatable bonds is 5. The highest BCUT2D eigenvalue weighted by Gasteiger charge is 2.27. The van der Waals surface area contributed by atoms with Crippen LogP contribution in [0.15, 0.2) is 94.7 Å². The van der Waals surface area contributed by atoms with Crippen LogP contribution in [0.25, 0.3) is 20.5 Å². The first-order chi connectivity index (χ1) is 18.9. The van der Waals surface area contributed by atoms with Crippen LogP contribution in [0.2, 0.25) is 0 Å². The Kier molecular flexibility index (Phi) is 6.81. The van der Waals surface area contributed by atoms with Crippen molar-refractivity contribution in [3.63, 3.8) is 0 Å². The summed E-state index contributed by atoms with van der Waals surface area (Å²) in [5, 5.41) is 34.9. The van der Waals surface area contributed by atoms with Crippen molar-refractivity contribution in [1.29, 1.82) is 0 Å². The third-order valence-electron chi connectivity index (χ3n) is 6.59. The lowest BCUT2D eigenvalue weighted by molar-refractivity contribution is 0.102. The lowest BCUT2D eigenvalue weighted by Crippen LogP contribution is -2.17. The molecule has 0 radical (unpaired) electrons. The third-order valence-corrected chi connectivity index (χ3v) is 9.57. The van der Waals surface area contributed by atoms with Gasteiger partial charge in [-0.25, -0.2) is 8.42 Å². The van der Waals surface area contributed by atoms with Crippen molar-refractivity contribution in [1.82, 2.24) is 0 Å². The van der Waals surface area contributed by atoms with E-state index < -0.39 is 33.0 Å². The summed E-state index contributed by atoms with van der Waals surface area (Å²) in [5.41, 5.74) is 0.538. The van der Waals surface area contributed by atoms with E-state index in [1.54, 1.807) is 24.3 Å². The minimum Gasteiger partial charge on any atom is -0.504 e. The largest absolute Gasteiger partial charge is 0.504 e. The number of anilines is 1. The van der Waals surface area contributed by atoms with E-state index in [1.165, 1.54) is 41.7 Å². The molecule has 9 heteroatoms. The maximum Gasteiger partial charge on any atom is 0.259 e. The van der Waals surface area contributed by atoms with E-state index in [-0.39, 0.29) is 32.0 Å². The molecule has 5 aromatic rings. The van der Waals surface area contributed by atoms with E-state index >= 15 is 0 Å². The van der Waals surface area contributed by atoms with Gasteiger partial charge >= 0.3 is 0 Å². The number of hydrogen-bond acceptors (Lipinski definition) is 7. The van der Waals surface area contributed by atoms with Crippen molar-refractivity contribution in [2.75, 3.05) is 5.32 Å². The van der Waals surface area contributed by atoms with Gasteiger partial charge in [-0.1, -0.05) is 57.2 Å². The molecule has 0 spiro atoms. The first-order valence-corrected chi connectivity index (χ1v) is 14.7. The molecule has 1 heterocycles. The van der Waals surface area contributed by atoms with Crippen LogP contribution in [0.3, 0.4) is 0 Å². The standard InChI is InChI=1S/C31H27NO6S2/c1-31(2,3)23-9-5-7-11-26(23)40(37,38)20-14-12-19(13-15-20)32-30(36)22-17-21(27(33)29(35)28(22)34)25-16-18-8-4-6-10-24(18)39-25/h4-17,33-35H,1-3H3,(H,32,36). The lowest BCUT2D eigenvalue weighted by atomic mass is 9.87. The molecule has 0 bridgehead atoms. The van der Waals surface area contributed by atoms with Crippen LogP contribution in [0.1, 0.15) is 36.7 Å². The summed E-state index contributed by atoms with van der Waals surface area (Å²) in [4.78, 5) is 14.0. The summed E-state index contributed by atoms with van der Waals surface area (Å²) in [5.74, 6) is -2.86. The fourth-order valence-electron chi connectivity index (χ4n) is 4.49. The summed E-state index contributed by atoms with van der Waals surface area (Å²) in [7, 11) is -3.83.